The molecule has 0 radical (unpaired) electrons. The standard InChI is InChI=1S/C14H22BrN3O2/c1-10(2)17(4)7-5-6-16-13-8-11(3)14(18(19)20)9-12(13)15/h8-10,16H,5-7H2,1-4H3. The van der Waals surface area contributed by atoms with Crippen LogP contribution in [0.2, 0.25) is 0 Å². The second-order valence-electron chi connectivity index (χ2n) is 5.23. The van der Waals surface area contributed by atoms with Crippen LogP contribution in [0.25, 0.3) is 0 Å². The van der Waals surface area contributed by atoms with Crippen LogP contribution in [0.5, 0.6) is 0 Å². The molecule has 0 aliphatic carbocycles. The molecule has 0 aliphatic rings. The Bertz CT molecular complexity index is 478. The van der Waals surface area contributed by atoms with Crippen LogP contribution >= 0.6 is 15.9 Å². The van der Waals surface area contributed by atoms with Crippen LogP contribution in [-0.2, 0) is 0 Å². The van der Waals surface area contributed by atoms with E-state index < -0.39 is 0 Å². The van der Waals surface area contributed by atoms with E-state index in [2.05, 4.69) is 47.0 Å². The summed E-state index contributed by atoms with van der Waals surface area (Å²) in [6.45, 7) is 7.96. The Balaban J connectivity index is 2.57. The van der Waals surface area contributed by atoms with Crippen LogP contribution in [0.1, 0.15) is 25.8 Å². The maximum absolute atomic E-state index is 10.8. The number of aryl methyl sites for hydroxylation is 1. The van der Waals surface area contributed by atoms with Gasteiger partial charge >= 0.3 is 0 Å². The number of nitrogens with one attached hydrogen (secondary N) is 1. The summed E-state index contributed by atoms with van der Waals surface area (Å²) in [5, 5.41) is 14.2. The monoisotopic (exact) mass is 343 g/mol. The highest BCUT2D eigenvalue weighted by atomic mass is 79.9. The lowest BCUT2D eigenvalue weighted by molar-refractivity contribution is -0.385. The highest BCUT2D eigenvalue weighted by Crippen LogP contribution is 2.30. The van der Waals surface area contributed by atoms with Gasteiger partial charge in [0.05, 0.1) is 4.92 Å². The van der Waals surface area contributed by atoms with Crippen molar-refractivity contribution >= 4 is 27.3 Å². The van der Waals surface area contributed by atoms with Crippen LogP contribution in [0.15, 0.2) is 16.6 Å². The fraction of sp³-hybridized carbons (Fsp3) is 0.571. The van der Waals surface area contributed by atoms with Crippen molar-refractivity contribution in [3.63, 3.8) is 0 Å². The van der Waals surface area contributed by atoms with E-state index in [1.807, 2.05) is 6.07 Å². The van der Waals surface area contributed by atoms with E-state index in [0.29, 0.717) is 11.6 Å². The molecular formula is C14H22BrN3O2. The number of anilines is 1. The quantitative estimate of drug-likeness (QED) is 0.464. The molecule has 0 unspecified atom stereocenters. The largest absolute Gasteiger partial charge is 0.384 e. The van der Waals surface area contributed by atoms with Crippen molar-refractivity contribution < 1.29 is 4.92 Å². The average Bonchev–Trinajstić information content (AvgIpc) is 2.37. The molecular weight excluding hydrogens is 322 g/mol. The van der Waals surface area contributed by atoms with Gasteiger partial charge in [-0.05, 0) is 62.8 Å². The summed E-state index contributed by atoms with van der Waals surface area (Å²) in [5.74, 6) is 0. The van der Waals surface area contributed by atoms with Crippen molar-refractivity contribution in [1.29, 1.82) is 0 Å². The minimum absolute atomic E-state index is 0.141. The van der Waals surface area contributed by atoms with Gasteiger partial charge < -0.3 is 10.2 Å². The second kappa shape index (κ2) is 7.59. The summed E-state index contributed by atoms with van der Waals surface area (Å²) in [4.78, 5) is 12.8. The number of nitrogens with zero attached hydrogens (tertiary/aromatic N) is 2. The number of rotatable bonds is 7. The molecule has 0 aromatic heterocycles. The first-order valence-corrected chi connectivity index (χ1v) is 7.51. The minimum atomic E-state index is -0.360. The molecule has 0 bridgehead atoms. The molecule has 6 heteroatoms. The number of benzene rings is 1. The highest BCUT2D eigenvalue weighted by molar-refractivity contribution is 9.10. The van der Waals surface area contributed by atoms with Gasteiger partial charge in [0.15, 0.2) is 0 Å². The predicted octanol–water partition coefficient (Wildman–Crippen LogP) is 3.81. The van der Waals surface area contributed by atoms with Crippen LogP contribution in [-0.4, -0.2) is 36.0 Å². The van der Waals surface area contributed by atoms with Crippen molar-refractivity contribution in [2.75, 3.05) is 25.5 Å². The van der Waals surface area contributed by atoms with Gasteiger partial charge in [-0.15, -0.1) is 0 Å². The fourth-order valence-electron chi connectivity index (χ4n) is 1.81. The first kappa shape index (κ1) is 16.9. The van der Waals surface area contributed by atoms with E-state index in [0.717, 1.165) is 29.7 Å². The molecule has 1 N–H and O–H groups in total. The molecule has 5 nitrogen and oxygen atoms in total. The van der Waals surface area contributed by atoms with Gasteiger partial charge in [-0.3, -0.25) is 10.1 Å². The minimum Gasteiger partial charge on any atom is -0.384 e. The van der Waals surface area contributed by atoms with Crippen LogP contribution in [0.3, 0.4) is 0 Å². The molecule has 0 aliphatic heterocycles. The molecule has 0 saturated heterocycles. The molecule has 20 heavy (non-hydrogen) atoms. The number of nitro groups is 1. The maximum atomic E-state index is 10.8. The molecule has 1 aromatic carbocycles. The molecule has 0 heterocycles. The van der Waals surface area contributed by atoms with Crippen molar-refractivity contribution in [2.24, 2.45) is 0 Å². The first-order chi connectivity index (χ1) is 9.32. The third-order valence-corrected chi connectivity index (χ3v) is 4.02. The Morgan fingerprint density at radius 3 is 2.65 bits per heavy atom. The topological polar surface area (TPSA) is 58.4 Å². The lowest BCUT2D eigenvalue weighted by Crippen LogP contribution is -2.28. The Morgan fingerprint density at radius 1 is 1.45 bits per heavy atom. The number of hydrogen-bond donors (Lipinski definition) is 1. The maximum Gasteiger partial charge on any atom is 0.273 e. The van der Waals surface area contributed by atoms with Gasteiger partial charge in [-0.2, -0.15) is 0 Å². The van der Waals surface area contributed by atoms with Gasteiger partial charge in [0, 0.05) is 34.4 Å². The zero-order valence-electron chi connectivity index (χ0n) is 12.4. The molecule has 1 rings (SSSR count). The van der Waals surface area contributed by atoms with E-state index in [1.165, 1.54) is 0 Å². The number of nitro benzene ring substituents is 1. The van der Waals surface area contributed by atoms with Crippen molar-refractivity contribution in [2.45, 2.75) is 33.2 Å². The normalized spacial score (nSPS) is 11.2. The van der Waals surface area contributed by atoms with Crippen LogP contribution in [0, 0.1) is 17.0 Å². The molecule has 112 valence electrons. The molecule has 0 fully saturated rings. The second-order valence-corrected chi connectivity index (χ2v) is 6.08. The molecule has 0 saturated carbocycles. The van der Waals surface area contributed by atoms with E-state index in [1.54, 1.807) is 13.0 Å². The van der Waals surface area contributed by atoms with Crippen molar-refractivity contribution in [1.82, 2.24) is 4.90 Å². The summed E-state index contributed by atoms with van der Waals surface area (Å²) in [5.41, 5.74) is 1.71. The van der Waals surface area contributed by atoms with E-state index in [9.17, 15) is 10.1 Å². The summed E-state index contributed by atoms with van der Waals surface area (Å²) >= 11 is 3.38. The third-order valence-electron chi connectivity index (χ3n) is 3.37. The average molecular weight is 344 g/mol. The summed E-state index contributed by atoms with van der Waals surface area (Å²) < 4.78 is 0.729. The van der Waals surface area contributed by atoms with Gasteiger partial charge in [0.2, 0.25) is 0 Å². The zero-order chi connectivity index (χ0) is 15.3. The lowest BCUT2D eigenvalue weighted by atomic mass is 10.2. The van der Waals surface area contributed by atoms with Gasteiger partial charge in [-0.1, -0.05) is 0 Å². The van der Waals surface area contributed by atoms with Gasteiger partial charge in [-0.25, -0.2) is 0 Å². The van der Waals surface area contributed by atoms with E-state index >= 15 is 0 Å². The Hall–Kier alpha value is -1.14. The predicted molar refractivity (Wildman–Crippen MR) is 86.4 cm³/mol. The summed E-state index contributed by atoms with van der Waals surface area (Å²) in [7, 11) is 2.11. The molecule has 0 atom stereocenters. The Morgan fingerprint density at radius 2 is 2.10 bits per heavy atom. The van der Waals surface area contributed by atoms with E-state index in [4.69, 9.17) is 0 Å². The summed E-state index contributed by atoms with van der Waals surface area (Å²) in [6, 6.07) is 3.91. The summed E-state index contributed by atoms with van der Waals surface area (Å²) in [6.07, 6.45) is 1.02. The molecule has 0 spiro atoms. The first-order valence-electron chi connectivity index (χ1n) is 6.71. The SMILES string of the molecule is Cc1cc(NCCCN(C)C(C)C)c(Br)cc1[N+](=O)[O-]. The highest BCUT2D eigenvalue weighted by Gasteiger charge is 2.13. The fourth-order valence-corrected chi connectivity index (χ4v) is 2.28. The Kier molecular flexibility index (Phi) is 6.42. The van der Waals surface area contributed by atoms with Gasteiger partial charge in [0.1, 0.15) is 0 Å². The Labute approximate surface area is 128 Å². The van der Waals surface area contributed by atoms with Crippen molar-refractivity contribution in [3.05, 3.63) is 32.3 Å². The lowest BCUT2D eigenvalue weighted by Gasteiger charge is -2.21. The van der Waals surface area contributed by atoms with Crippen molar-refractivity contribution in [3.8, 4) is 0 Å². The molecule has 1 aromatic rings. The number of hydrogen-bond acceptors (Lipinski definition) is 4. The zero-order valence-corrected chi connectivity index (χ0v) is 14.0. The van der Waals surface area contributed by atoms with Gasteiger partial charge in [0.25, 0.3) is 5.69 Å². The van der Waals surface area contributed by atoms with Crippen LogP contribution in [0.4, 0.5) is 11.4 Å². The smallest absolute Gasteiger partial charge is 0.273 e. The third kappa shape index (κ3) is 4.76. The van der Waals surface area contributed by atoms with E-state index in [-0.39, 0.29) is 10.6 Å². The van der Waals surface area contributed by atoms with Crippen LogP contribution < -0.4 is 5.32 Å². The number of halogens is 1. The molecule has 0 amide bonds.